The Kier molecular flexibility index (Phi) is 9.23. The van der Waals surface area contributed by atoms with E-state index in [1.807, 2.05) is 97.9 Å². The van der Waals surface area contributed by atoms with Gasteiger partial charge in [-0.2, -0.15) is 5.10 Å². The number of aromatic nitrogens is 4. The molecule has 0 saturated heterocycles. The van der Waals surface area contributed by atoms with Crippen LogP contribution in [-0.2, 0) is 31.5 Å². The van der Waals surface area contributed by atoms with Crippen molar-refractivity contribution in [2.24, 2.45) is 0 Å². The first kappa shape index (κ1) is 30.3. The highest BCUT2D eigenvalue weighted by Crippen LogP contribution is 2.26. The minimum absolute atomic E-state index is 0.114. The third kappa shape index (κ3) is 7.23. The number of hydrogen-bond donors (Lipinski definition) is 2. The van der Waals surface area contributed by atoms with Gasteiger partial charge in [0.1, 0.15) is 18.8 Å². The fourth-order valence-corrected chi connectivity index (χ4v) is 4.79. The highest BCUT2D eigenvalue weighted by molar-refractivity contribution is 5.88. The summed E-state index contributed by atoms with van der Waals surface area (Å²) in [6, 6.07) is 28.8. The quantitative estimate of drug-likeness (QED) is 0.201. The number of anilines is 1. The number of carbonyl (C=O) groups is 1. The second-order valence-electron chi connectivity index (χ2n) is 11.6. The maximum Gasteiger partial charge on any atom is 0.320 e. The first-order valence-electron chi connectivity index (χ1n) is 14.8. The van der Waals surface area contributed by atoms with E-state index in [-0.39, 0.29) is 30.2 Å². The van der Waals surface area contributed by atoms with Gasteiger partial charge in [0.15, 0.2) is 0 Å². The van der Waals surface area contributed by atoms with Crippen LogP contribution in [0.15, 0.2) is 102 Å². The summed E-state index contributed by atoms with van der Waals surface area (Å²) in [5.41, 5.74) is 4.75. The summed E-state index contributed by atoms with van der Waals surface area (Å²) in [7, 11) is 0. The van der Waals surface area contributed by atoms with Crippen LogP contribution < -0.4 is 20.9 Å². The van der Waals surface area contributed by atoms with E-state index in [0.29, 0.717) is 30.2 Å². The SMILES string of the molecule is CCc1c(OCc2ccccc2CNC(=O)Nc2cc(C(C)(C)C)nn2-c2ccccc2)ncn(Cc2ccccc2)c1=O. The molecule has 0 radical (unpaired) electrons. The Morgan fingerprint density at radius 3 is 2.25 bits per heavy atom. The molecule has 226 valence electrons. The molecule has 0 saturated carbocycles. The van der Waals surface area contributed by atoms with Crippen molar-refractivity contribution in [3.8, 4) is 11.6 Å². The van der Waals surface area contributed by atoms with Gasteiger partial charge in [-0.25, -0.2) is 14.5 Å². The fraction of sp³-hybridized carbons (Fsp3) is 0.257. The third-order valence-electron chi connectivity index (χ3n) is 7.28. The van der Waals surface area contributed by atoms with Crippen LogP contribution in [0, 0.1) is 0 Å². The first-order chi connectivity index (χ1) is 21.2. The van der Waals surface area contributed by atoms with Crippen molar-refractivity contribution in [2.75, 3.05) is 5.32 Å². The number of amides is 2. The van der Waals surface area contributed by atoms with E-state index in [2.05, 4.69) is 36.4 Å². The molecule has 3 aromatic carbocycles. The lowest BCUT2D eigenvalue weighted by molar-refractivity contribution is 0.251. The zero-order chi connectivity index (χ0) is 31.1. The lowest BCUT2D eigenvalue weighted by Gasteiger charge is -2.15. The number of ether oxygens (including phenoxy) is 1. The topological polar surface area (TPSA) is 103 Å². The van der Waals surface area contributed by atoms with E-state index in [1.165, 1.54) is 6.33 Å². The summed E-state index contributed by atoms with van der Waals surface area (Å²) in [5, 5.41) is 10.7. The molecule has 9 nitrogen and oxygen atoms in total. The van der Waals surface area contributed by atoms with Gasteiger partial charge >= 0.3 is 6.03 Å². The number of nitrogens with one attached hydrogen (secondary N) is 2. The summed E-state index contributed by atoms with van der Waals surface area (Å²) < 4.78 is 9.43. The molecule has 9 heteroatoms. The number of hydrogen-bond acceptors (Lipinski definition) is 5. The van der Waals surface area contributed by atoms with Crippen molar-refractivity contribution >= 4 is 11.8 Å². The molecule has 2 amide bonds. The lowest BCUT2D eigenvalue weighted by Crippen LogP contribution is -2.29. The third-order valence-corrected chi connectivity index (χ3v) is 7.28. The predicted molar refractivity (Wildman–Crippen MR) is 172 cm³/mol. The number of carbonyl (C=O) groups excluding carboxylic acids is 1. The Bertz CT molecular complexity index is 1770. The molecule has 0 unspecified atom stereocenters. The van der Waals surface area contributed by atoms with Crippen LogP contribution in [0.1, 0.15) is 55.6 Å². The Morgan fingerprint density at radius 1 is 0.909 bits per heavy atom. The Hall–Kier alpha value is -5.18. The molecule has 5 rings (SSSR count). The Labute approximate surface area is 257 Å². The summed E-state index contributed by atoms with van der Waals surface area (Å²) in [6.45, 7) is 9.11. The standard InChI is InChI=1S/C35H38N6O3/c1-5-29-32(37-24-40(33(29)42)22-25-14-8-6-9-15-25)44-23-27-17-13-12-16-26(27)21-36-34(43)38-31-20-30(35(2,3)4)39-41(31)28-18-10-7-11-19-28/h6-20,24H,5,21-23H2,1-4H3,(H2,36,38,43). The Morgan fingerprint density at radius 2 is 1.57 bits per heavy atom. The molecule has 0 aliphatic rings. The van der Waals surface area contributed by atoms with Crippen molar-refractivity contribution < 1.29 is 9.53 Å². The molecule has 0 spiro atoms. The van der Waals surface area contributed by atoms with Gasteiger partial charge in [0.2, 0.25) is 5.88 Å². The number of para-hydroxylation sites is 1. The highest BCUT2D eigenvalue weighted by Gasteiger charge is 2.21. The zero-order valence-electron chi connectivity index (χ0n) is 25.6. The average Bonchev–Trinajstić information content (AvgIpc) is 3.46. The monoisotopic (exact) mass is 590 g/mol. The zero-order valence-corrected chi connectivity index (χ0v) is 25.6. The van der Waals surface area contributed by atoms with Crippen molar-refractivity contribution in [1.82, 2.24) is 24.6 Å². The average molecular weight is 591 g/mol. The van der Waals surface area contributed by atoms with E-state index < -0.39 is 0 Å². The van der Waals surface area contributed by atoms with Crippen molar-refractivity contribution in [3.05, 3.63) is 136 Å². The van der Waals surface area contributed by atoms with Gasteiger partial charge in [-0.05, 0) is 35.2 Å². The van der Waals surface area contributed by atoms with Gasteiger partial charge in [0.05, 0.1) is 23.5 Å². The highest BCUT2D eigenvalue weighted by atomic mass is 16.5. The van der Waals surface area contributed by atoms with Gasteiger partial charge in [-0.1, -0.05) is 100 Å². The van der Waals surface area contributed by atoms with Gasteiger partial charge in [0, 0.05) is 18.0 Å². The van der Waals surface area contributed by atoms with Crippen molar-refractivity contribution in [3.63, 3.8) is 0 Å². The lowest BCUT2D eigenvalue weighted by atomic mass is 9.92. The summed E-state index contributed by atoms with van der Waals surface area (Å²) in [6.07, 6.45) is 2.03. The predicted octanol–water partition coefficient (Wildman–Crippen LogP) is 6.24. The van der Waals surface area contributed by atoms with Gasteiger partial charge < -0.3 is 10.1 Å². The van der Waals surface area contributed by atoms with Gasteiger partial charge in [0.25, 0.3) is 5.56 Å². The molecule has 44 heavy (non-hydrogen) atoms. The van der Waals surface area contributed by atoms with E-state index in [9.17, 15) is 9.59 Å². The largest absolute Gasteiger partial charge is 0.472 e. The van der Waals surface area contributed by atoms with E-state index in [0.717, 1.165) is 28.1 Å². The van der Waals surface area contributed by atoms with Crippen LogP contribution in [-0.4, -0.2) is 25.4 Å². The molecule has 2 aromatic heterocycles. The van der Waals surface area contributed by atoms with Crippen LogP contribution in [0.5, 0.6) is 5.88 Å². The number of urea groups is 1. The van der Waals surface area contributed by atoms with Crippen LogP contribution >= 0.6 is 0 Å². The molecule has 0 fully saturated rings. The van der Waals surface area contributed by atoms with Crippen LogP contribution in [0.2, 0.25) is 0 Å². The van der Waals surface area contributed by atoms with E-state index in [1.54, 1.807) is 9.25 Å². The van der Waals surface area contributed by atoms with Crippen LogP contribution in [0.3, 0.4) is 0 Å². The molecule has 5 aromatic rings. The van der Waals surface area contributed by atoms with Gasteiger partial charge in [-0.3, -0.25) is 14.7 Å². The maximum absolute atomic E-state index is 13.2. The van der Waals surface area contributed by atoms with Crippen LogP contribution in [0.25, 0.3) is 5.69 Å². The second-order valence-corrected chi connectivity index (χ2v) is 11.6. The molecule has 2 heterocycles. The van der Waals surface area contributed by atoms with E-state index in [4.69, 9.17) is 9.84 Å². The van der Waals surface area contributed by atoms with Crippen molar-refractivity contribution in [2.45, 2.75) is 59.2 Å². The summed E-state index contributed by atoms with van der Waals surface area (Å²) >= 11 is 0. The van der Waals surface area contributed by atoms with Crippen molar-refractivity contribution in [1.29, 1.82) is 0 Å². The molecule has 0 atom stereocenters. The molecular weight excluding hydrogens is 552 g/mol. The molecule has 0 aliphatic heterocycles. The molecule has 2 N–H and O–H groups in total. The number of nitrogens with zero attached hydrogens (tertiary/aromatic N) is 4. The van der Waals surface area contributed by atoms with Crippen LogP contribution in [0.4, 0.5) is 10.6 Å². The normalized spacial score (nSPS) is 11.3. The summed E-state index contributed by atoms with van der Waals surface area (Å²) in [4.78, 5) is 30.7. The number of benzene rings is 3. The molecule has 0 bridgehead atoms. The molecule has 0 aliphatic carbocycles. The Balaban J connectivity index is 1.26. The van der Waals surface area contributed by atoms with Gasteiger partial charge in [-0.15, -0.1) is 0 Å². The van der Waals surface area contributed by atoms with E-state index >= 15 is 0 Å². The first-order valence-corrected chi connectivity index (χ1v) is 14.8. The minimum atomic E-state index is -0.352. The second kappa shape index (κ2) is 13.4. The fourth-order valence-electron chi connectivity index (χ4n) is 4.79. The number of rotatable bonds is 10. The summed E-state index contributed by atoms with van der Waals surface area (Å²) in [5.74, 6) is 0.904. The minimum Gasteiger partial charge on any atom is -0.472 e. The smallest absolute Gasteiger partial charge is 0.320 e. The molecular formula is C35H38N6O3. The maximum atomic E-state index is 13.2.